The number of imidazole rings is 1. The molecule has 25 heavy (non-hydrogen) atoms. The highest BCUT2D eigenvalue weighted by molar-refractivity contribution is 14.0. The summed E-state index contributed by atoms with van der Waals surface area (Å²) >= 11 is 1.65. The number of aryl methyl sites for hydroxylation is 1. The third kappa shape index (κ3) is 3.22. The molecular formula is C19H17IN4S. The number of anilines is 1. The Morgan fingerprint density at radius 3 is 2.76 bits per heavy atom. The zero-order chi connectivity index (χ0) is 16.5. The lowest BCUT2D eigenvalue weighted by atomic mass is 10.2. The van der Waals surface area contributed by atoms with E-state index < -0.39 is 0 Å². The smallest absolute Gasteiger partial charge is 0.152 e. The Labute approximate surface area is 167 Å². The minimum absolute atomic E-state index is 0. The molecule has 0 spiro atoms. The van der Waals surface area contributed by atoms with Crippen LogP contribution >= 0.6 is 35.3 Å². The number of hydrogen-bond acceptors (Lipinski definition) is 4. The molecule has 4 nitrogen and oxygen atoms in total. The number of pyridine rings is 1. The first-order chi connectivity index (χ1) is 11.8. The molecule has 0 unspecified atom stereocenters. The lowest BCUT2D eigenvalue weighted by molar-refractivity contribution is 0.784. The summed E-state index contributed by atoms with van der Waals surface area (Å²) in [5.74, 6) is 7.94. The standard InChI is InChI=1S/C19H16N4S.HI/c1-2-16-22-17-18(14-9-3-4-10-15(14)21-19(17)20)23(16)11-5-7-13-8-6-12-24-13;/h3-4,6,8-10,12H,2,11H2,1H3,(H2,20,21);1H. The van der Waals surface area contributed by atoms with Crippen molar-refractivity contribution in [3.63, 3.8) is 0 Å². The molecule has 0 saturated carbocycles. The number of hydrogen-bond donors (Lipinski definition) is 1. The second kappa shape index (κ2) is 7.42. The van der Waals surface area contributed by atoms with E-state index in [1.165, 1.54) is 0 Å². The molecular weight excluding hydrogens is 443 g/mol. The summed E-state index contributed by atoms with van der Waals surface area (Å²) < 4.78 is 2.16. The number of nitrogen functional groups attached to an aromatic ring is 1. The van der Waals surface area contributed by atoms with Crippen LogP contribution in [0.1, 0.15) is 17.6 Å². The van der Waals surface area contributed by atoms with Crippen LogP contribution in [-0.4, -0.2) is 14.5 Å². The van der Waals surface area contributed by atoms with Crippen LogP contribution in [0, 0.1) is 11.8 Å². The van der Waals surface area contributed by atoms with Crippen molar-refractivity contribution in [1.29, 1.82) is 0 Å². The van der Waals surface area contributed by atoms with Crippen molar-refractivity contribution in [3.05, 3.63) is 52.5 Å². The highest BCUT2D eigenvalue weighted by atomic mass is 127. The highest BCUT2D eigenvalue weighted by Crippen LogP contribution is 2.28. The first kappa shape index (κ1) is 17.7. The molecule has 0 amide bonds. The number of nitrogens with zero attached hydrogens (tertiary/aromatic N) is 3. The molecule has 0 atom stereocenters. The summed E-state index contributed by atoms with van der Waals surface area (Å²) in [7, 11) is 0. The van der Waals surface area contributed by atoms with Crippen molar-refractivity contribution in [2.75, 3.05) is 5.73 Å². The van der Waals surface area contributed by atoms with Gasteiger partial charge in [-0.25, -0.2) is 9.97 Å². The molecule has 1 aromatic carbocycles. The average Bonchev–Trinajstić information content (AvgIpc) is 3.23. The number of nitrogens with two attached hydrogens (primary N) is 1. The Bertz CT molecular complexity index is 1090. The number of benzene rings is 1. The molecule has 0 bridgehead atoms. The van der Waals surface area contributed by atoms with Crippen molar-refractivity contribution in [3.8, 4) is 11.8 Å². The van der Waals surface area contributed by atoms with Gasteiger partial charge in [0.15, 0.2) is 5.82 Å². The second-order valence-corrected chi connectivity index (χ2v) is 6.41. The number of halogens is 1. The van der Waals surface area contributed by atoms with E-state index in [2.05, 4.69) is 34.4 Å². The van der Waals surface area contributed by atoms with Crippen molar-refractivity contribution in [2.24, 2.45) is 0 Å². The van der Waals surface area contributed by atoms with Crippen molar-refractivity contribution in [2.45, 2.75) is 19.9 Å². The van der Waals surface area contributed by atoms with E-state index in [9.17, 15) is 0 Å². The zero-order valence-electron chi connectivity index (χ0n) is 13.7. The van der Waals surface area contributed by atoms with Crippen molar-refractivity contribution >= 4 is 63.1 Å². The molecule has 0 fully saturated rings. The number of thiophene rings is 1. The number of fused-ring (bicyclic) bond motifs is 3. The fraction of sp³-hybridized carbons (Fsp3) is 0.158. The largest absolute Gasteiger partial charge is 0.382 e. The summed E-state index contributed by atoms with van der Waals surface area (Å²) in [6.45, 7) is 2.68. The minimum Gasteiger partial charge on any atom is -0.382 e. The Kier molecular flexibility index (Phi) is 5.25. The fourth-order valence-corrected chi connectivity index (χ4v) is 3.49. The van der Waals surface area contributed by atoms with Crippen LogP contribution in [0.5, 0.6) is 0 Å². The van der Waals surface area contributed by atoms with E-state index >= 15 is 0 Å². The first-order valence-corrected chi connectivity index (χ1v) is 8.71. The van der Waals surface area contributed by atoms with Gasteiger partial charge in [-0.3, -0.25) is 0 Å². The van der Waals surface area contributed by atoms with Crippen LogP contribution in [-0.2, 0) is 13.0 Å². The quantitative estimate of drug-likeness (QED) is 0.355. The molecule has 0 aliphatic rings. The molecule has 0 aliphatic heterocycles. The van der Waals surface area contributed by atoms with Crippen molar-refractivity contribution in [1.82, 2.24) is 14.5 Å². The molecule has 4 aromatic rings. The summed E-state index contributed by atoms with van der Waals surface area (Å²) in [6, 6.07) is 12.1. The van der Waals surface area contributed by atoms with Gasteiger partial charge in [-0.15, -0.1) is 35.3 Å². The molecule has 126 valence electrons. The summed E-state index contributed by atoms with van der Waals surface area (Å²) in [6.07, 6.45) is 0.823. The Morgan fingerprint density at radius 1 is 1.16 bits per heavy atom. The monoisotopic (exact) mass is 460 g/mol. The van der Waals surface area contributed by atoms with Gasteiger partial charge >= 0.3 is 0 Å². The minimum atomic E-state index is 0. The predicted molar refractivity (Wildman–Crippen MR) is 115 cm³/mol. The van der Waals surface area contributed by atoms with Crippen LogP contribution in [0.4, 0.5) is 5.82 Å². The fourth-order valence-electron chi connectivity index (χ4n) is 2.90. The van der Waals surface area contributed by atoms with Crippen LogP contribution in [0.3, 0.4) is 0 Å². The Hall–Kier alpha value is -2.11. The van der Waals surface area contributed by atoms with Crippen LogP contribution in [0.15, 0.2) is 41.8 Å². The van der Waals surface area contributed by atoms with E-state index in [1.807, 2.05) is 35.7 Å². The van der Waals surface area contributed by atoms with Crippen molar-refractivity contribution < 1.29 is 0 Å². The lowest BCUT2D eigenvalue weighted by Gasteiger charge is -2.06. The maximum atomic E-state index is 6.14. The predicted octanol–water partition coefficient (Wildman–Crippen LogP) is 4.46. The average molecular weight is 460 g/mol. The Balaban J connectivity index is 0.00000182. The molecule has 4 rings (SSSR count). The first-order valence-electron chi connectivity index (χ1n) is 7.83. The lowest BCUT2D eigenvalue weighted by Crippen LogP contribution is -2.02. The number of aromatic nitrogens is 3. The second-order valence-electron chi connectivity index (χ2n) is 5.46. The number of rotatable bonds is 2. The number of para-hydroxylation sites is 1. The molecule has 0 radical (unpaired) electrons. The third-order valence-corrected chi connectivity index (χ3v) is 4.76. The van der Waals surface area contributed by atoms with Gasteiger partial charge in [-0.05, 0) is 17.5 Å². The topological polar surface area (TPSA) is 56.7 Å². The van der Waals surface area contributed by atoms with Gasteiger partial charge in [0.05, 0.1) is 22.5 Å². The SMILES string of the molecule is CCc1nc2c(N)nc3ccccc3c2n1CC#Cc1cccs1.I. The molecule has 3 heterocycles. The van der Waals surface area contributed by atoms with Gasteiger partial charge in [0.2, 0.25) is 0 Å². The summed E-state index contributed by atoms with van der Waals surface area (Å²) in [4.78, 5) is 10.3. The van der Waals surface area contributed by atoms with Gasteiger partial charge in [0, 0.05) is 11.8 Å². The summed E-state index contributed by atoms with van der Waals surface area (Å²) in [5, 5.41) is 3.10. The molecule has 0 saturated heterocycles. The van der Waals surface area contributed by atoms with E-state index in [1.54, 1.807) is 11.3 Å². The van der Waals surface area contributed by atoms with E-state index in [0.29, 0.717) is 12.4 Å². The zero-order valence-corrected chi connectivity index (χ0v) is 16.8. The van der Waals surface area contributed by atoms with Gasteiger partial charge in [-0.2, -0.15) is 0 Å². The Morgan fingerprint density at radius 2 is 2.00 bits per heavy atom. The van der Waals surface area contributed by atoms with Gasteiger partial charge < -0.3 is 10.3 Å². The molecule has 3 aromatic heterocycles. The normalized spacial score (nSPS) is 10.4. The highest BCUT2D eigenvalue weighted by Gasteiger charge is 2.15. The van der Waals surface area contributed by atoms with Gasteiger partial charge in [0.25, 0.3) is 0 Å². The van der Waals surface area contributed by atoms with Crippen LogP contribution in [0.25, 0.3) is 21.9 Å². The third-order valence-electron chi connectivity index (χ3n) is 3.98. The van der Waals surface area contributed by atoms with E-state index in [0.717, 1.165) is 39.1 Å². The maximum absolute atomic E-state index is 6.14. The maximum Gasteiger partial charge on any atom is 0.152 e. The molecule has 0 aliphatic carbocycles. The van der Waals surface area contributed by atoms with Crippen LogP contribution in [0.2, 0.25) is 0 Å². The summed E-state index contributed by atoms with van der Waals surface area (Å²) in [5.41, 5.74) is 8.82. The van der Waals surface area contributed by atoms with E-state index in [4.69, 9.17) is 10.7 Å². The van der Waals surface area contributed by atoms with Crippen LogP contribution < -0.4 is 5.73 Å². The van der Waals surface area contributed by atoms with Gasteiger partial charge in [0.1, 0.15) is 11.3 Å². The molecule has 2 N–H and O–H groups in total. The van der Waals surface area contributed by atoms with Gasteiger partial charge in [-0.1, -0.05) is 43.0 Å². The van der Waals surface area contributed by atoms with E-state index in [-0.39, 0.29) is 24.0 Å². The molecule has 6 heteroatoms.